The molecule has 0 unspecified atom stereocenters. The maximum absolute atomic E-state index is 13.4. The van der Waals surface area contributed by atoms with Crippen molar-refractivity contribution < 1.29 is 19.8 Å². The van der Waals surface area contributed by atoms with Gasteiger partial charge in [0.25, 0.3) is 5.91 Å². The largest absolute Gasteiger partial charge is 0.481 e. The highest BCUT2D eigenvalue weighted by atomic mass is 32.2. The Balaban J connectivity index is 1.31. The lowest BCUT2D eigenvalue weighted by atomic mass is 9.52. The van der Waals surface area contributed by atoms with E-state index in [1.165, 1.54) is 0 Å². The van der Waals surface area contributed by atoms with Crippen LogP contribution in [-0.4, -0.2) is 57.6 Å². The van der Waals surface area contributed by atoms with Crippen LogP contribution in [0.3, 0.4) is 0 Å². The second-order valence-electron chi connectivity index (χ2n) is 10.8. The number of carbonyl (C=O) groups is 2. The number of aliphatic carboxylic acids is 1. The minimum absolute atomic E-state index is 0.0534. The van der Waals surface area contributed by atoms with Gasteiger partial charge in [-0.15, -0.1) is 11.8 Å². The number of nitrogens with zero attached hydrogens (tertiary/aromatic N) is 2. The molecule has 8 heteroatoms. The molecule has 0 radical (unpaired) electrons. The number of pyridine rings is 1. The zero-order chi connectivity index (χ0) is 23.2. The highest BCUT2D eigenvalue weighted by molar-refractivity contribution is 7.99. The molecule has 1 amide bonds. The van der Waals surface area contributed by atoms with Gasteiger partial charge in [0.1, 0.15) is 10.8 Å². The number of rotatable bonds is 8. The van der Waals surface area contributed by atoms with E-state index in [-0.39, 0.29) is 24.3 Å². The van der Waals surface area contributed by atoms with Crippen LogP contribution in [0, 0.1) is 23.7 Å². The normalized spacial score (nSPS) is 34.6. The van der Waals surface area contributed by atoms with Crippen molar-refractivity contribution in [3.63, 3.8) is 0 Å². The molecular weight excluding hydrogens is 438 g/mol. The molecule has 0 spiro atoms. The molecule has 1 aromatic heterocycles. The van der Waals surface area contributed by atoms with Crippen LogP contribution in [0.25, 0.3) is 0 Å². The Labute approximate surface area is 199 Å². The number of thioether (sulfide) groups is 1. The SMILES string of the molecule is CCCSc1nc(N2CC[C@@H](CC(=O)O)C2)ccc1C(=O)NC1[C@H]2CC3C[C@H]1CC(O)(C3)C2. The van der Waals surface area contributed by atoms with Gasteiger partial charge in [-0.3, -0.25) is 9.59 Å². The number of hydrogen-bond acceptors (Lipinski definition) is 6. The molecule has 3 N–H and O–H groups in total. The van der Waals surface area contributed by atoms with Gasteiger partial charge in [-0.25, -0.2) is 4.98 Å². The van der Waals surface area contributed by atoms with E-state index >= 15 is 0 Å². The molecule has 1 aliphatic heterocycles. The molecule has 0 aromatic carbocycles. The van der Waals surface area contributed by atoms with Gasteiger partial charge < -0.3 is 20.4 Å². The van der Waals surface area contributed by atoms with Crippen LogP contribution >= 0.6 is 11.8 Å². The highest BCUT2D eigenvalue weighted by Gasteiger charge is 2.55. The topological polar surface area (TPSA) is 103 Å². The van der Waals surface area contributed by atoms with Crippen LogP contribution in [0.15, 0.2) is 17.2 Å². The number of anilines is 1. The molecule has 4 aliphatic carbocycles. The maximum Gasteiger partial charge on any atom is 0.303 e. The van der Waals surface area contributed by atoms with E-state index < -0.39 is 11.6 Å². The van der Waals surface area contributed by atoms with Crippen LogP contribution in [0.4, 0.5) is 5.82 Å². The predicted molar refractivity (Wildman–Crippen MR) is 128 cm³/mol. The third-order valence-corrected chi connectivity index (χ3v) is 9.34. The maximum atomic E-state index is 13.4. The van der Waals surface area contributed by atoms with E-state index in [2.05, 4.69) is 17.1 Å². The number of hydrogen-bond donors (Lipinski definition) is 3. The van der Waals surface area contributed by atoms with E-state index in [4.69, 9.17) is 10.1 Å². The van der Waals surface area contributed by atoms with Gasteiger partial charge in [-0.1, -0.05) is 6.92 Å². The number of carboxylic acids is 1. The summed E-state index contributed by atoms with van der Waals surface area (Å²) in [6.45, 7) is 3.61. The Kier molecular flexibility index (Phi) is 6.33. The molecule has 1 aromatic rings. The molecule has 5 fully saturated rings. The van der Waals surface area contributed by atoms with Gasteiger partial charge in [0.2, 0.25) is 0 Å². The van der Waals surface area contributed by atoms with Crippen LogP contribution in [0.5, 0.6) is 0 Å². The van der Waals surface area contributed by atoms with Crippen LogP contribution < -0.4 is 10.2 Å². The number of aromatic nitrogens is 1. The number of nitrogens with one attached hydrogen (secondary N) is 1. The average molecular weight is 474 g/mol. The van der Waals surface area contributed by atoms with Gasteiger partial charge >= 0.3 is 5.97 Å². The smallest absolute Gasteiger partial charge is 0.303 e. The third-order valence-electron chi connectivity index (χ3n) is 8.14. The fourth-order valence-corrected chi connectivity index (χ4v) is 7.86. The first-order valence-electron chi connectivity index (χ1n) is 12.5. The van der Waals surface area contributed by atoms with Crippen molar-refractivity contribution >= 4 is 29.5 Å². The molecule has 1 saturated heterocycles. The van der Waals surface area contributed by atoms with Crippen molar-refractivity contribution in [1.82, 2.24) is 10.3 Å². The number of carboxylic acid groups (broad SMARTS) is 1. The molecule has 180 valence electrons. The van der Waals surface area contributed by atoms with Gasteiger partial charge in [0, 0.05) is 25.6 Å². The van der Waals surface area contributed by atoms with E-state index in [1.54, 1.807) is 11.8 Å². The molecule has 7 nitrogen and oxygen atoms in total. The highest BCUT2D eigenvalue weighted by Crippen LogP contribution is 2.55. The molecule has 4 saturated carbocycles. The van der Waals surface area contributed by atoms with E-state index in [0.717, 1.165) is 68.1 Å². The zero-order valence-electron chi connectivity index (χ0n) is 19.3. The lowest BCUT2D eigenvalue weighted by molar-refractivity contribution is -0.138. The van der Waals surface area contributed by atoms with Gasteiger partial charge in [-0.2, -0.15) is 0 Å². The Morgan fingerprint density at radius 2 is 2.00 bits per heavy atom. The van der Waals surface area contributed by atoms with Gasteiger partial charge in [0.05, 0.1) is 11.2 Å². The summed E-state index contributed by atoms with van der Waals surface area (Å²) in [7, 11) is 0. The summed E-state index contributed by atoms with van der Waals surface area (Å²) in [5.74, 6) is 2.42. The summed E-state index contributed by atoms with van der Waals surface area (Å²) in [5, 5.41) is 24.1. The fourth-order valence-electron chi connectivity index (χ4n) is 6.99. The van der Waals surface area contributed by atoms with E-state index in [0.29, 0.717) is 29.9 Å². The van der Waals surface area contributed by atoms with Crippen LogP contribution in [-0.2, 0) is 4.79 Å². The second kappa shape index (κ2) is 9.10. The van der Waals surface area contributed by atoms with Crippen molar-refractivity contribution in [2.24, 2.45) is 23.7 Å². The lowest BCUT2D eigenvalue weighted by Gasteiger charge is -2.58. The first-order valence-corrected chi connectivity index (χ1v) is 13.5. The number of aliphatic hydroxyl groups is 1. The second-order valence-corrected chi connectivity index (χ2v) is 11.8. The Morgan fingerprint density at radius 3 is 2.67 bits per heavy atom. The molecule has 3 atom stereocenters. The molecule has 5 aliphatic rings. The molecule has 2 heterocycles. The quantitative estimate of drug-likeness (QED) is 0.496. The summed E-state index contributed by atoms with van der Waals surface area (Å²) >= 11 is 1.62. The van der Waals surface area contributed by atoms with Crippen molar-refractivity contribution in [3.8, 4) is 0 Å². The summed E-state index contributed by atoms with van der Waals surface area (Å²) < 4.78 is 0. The minimum atomic E-state index is -0.752. The van der Waals surface area contributed by atoms with Crippen molar-refractivity contribution in [2.75, 3.05) is 23.7 Å². The first kappa shape index (κ1) is 23.0. The third kappa shape index (κ3) is 4.74. The van der Waals surface area contributed by atoms with E-state index in [1.807, 2.05) is 12.1 Å². The molecule has 6 rings (SSSR count). The minimum Gasteiger partial charge on any atom is -0.481 e. The van der Waals surface area contributed by atoms with Gasteiger partial charge in [0.15, 0.2) is 0 Å². The van der Waals surface area contributed by atoms with E-state index in [9.17, 15) is 14.7 Å². The Bertz CT molecular complexity index is 909. The molecule has 4 bridgehead atoms. The average Bonchev–Trinajstić information content (AvgIpc) is 3.21. The fraction of sp³-hybridized carbons (Fsp3) is 0.720. The van der Waals surface area contributed by atoms with Crippen LogP contribution in [0.1, 0.15) is 68.6 Å². The van der Waals surface area contributed by atoms with Crippen molar-refractivity contribution in [1.29, 1.82) is 0 Å². The summed E-state index contributed by atoms with van der Waals surface area (Å²) in [4.78, 5) is 31.5. The zero-order valence-corrected chi connectivity index (χ0v) is 20.1. The van der Waals surface area contributed by atoms with Gasteiger partial charge in [-0.05, 0) is 86.5 Å². The predicted octanol–water partition coefficient (Wildman–Crippen LogP) is 3.55. The standard InChI is InChI=1S/C25H35N3O4S/c1-2-7-33-24-19(3-4-20(26-24)28-6-5-15(14-28)10-21(29)30)23(31)27-22-17-8-16-9-18(22)13-25(32,11-16)12-17/h3-4,15-18,22,32H,2,5-14H2,1H3,(H,27,31)(H,29,30)/t15-,16?,17-,18-,22?,25?/m0/s1. The Morgan fingerprint density at radius 1 is 1.24 bits per heavy atom. The Hall–Kier alpha value is -1.80. The monoisotopic (exact) mass is 473 g/mol. The van der Waals surface area contributed by atoms with Crippen molar-refractivity contribution in [3.05, 3.63) is 17.7 Å². The summed E-state index contributed by atoms with van der Waals surface area (Å²) in [5.41, 5.74) is 0.128. The molecular formula is C25H35N3O4S. The lowest BCUT2D eigenvalue weighted by Crippen LogP contribution is -2.61. The number of carbonyl (C=O) groups excluding carboxylic acids is 1. The first-order chi connectivity index (χ1) is 15.8. The summed E-state index contributed by atoms with van der Waals surface area (Å²) in [6, 6.07) is 3.95. The summed E-state index contributed by atoms with van der Waals surface area (Å²) in [6.07, 6.45) is 6.83. The van der Waals surface area contributed by atoms with Crippen LogP contribution in [0.2, 0.25) is 0 Å². The number of amides is 1. The molecule has 33 heavy (non-hydrogen) atoms. The van der Waals surface area contributed by atoms with Crippen molar-refractivity contribution in [2.45, 2.75) is 75.0 Å².